The quantitative estimate of drug-likeness (QED) is 0.799. The molecule has 1 fully saturated rings. The van der Waals surface area contributed by atoms with Crippen LogP contribution in [0.5, 0.6) is 0 Å². The summed E-state index contributed by atoms with van der Waals surface area (Å²) < 4.78 is 10.1. The number of methoxy groups -OCH3 is 1. The number of pyridine rings is 1. The minimum atomic E-state index is -0.506. The lowest BCUT2D eigenvalue weighted by atomic mass is 10.2. The van der Waals surface area contributed by atoms with E-state index in [-0.39, 0.29) is 18.5 Å². The van der Waals surface area contributed by atoms with Gasteiger partial charge in [0.15, 0.2) is 6.04 Å². The van der Waals surface area contributed by atoms with Crippen LogP contribution in [0, 0.1) is 0 Å². The maximum absolute atomic E-state index is 11.8. The van der Waals surface area contributed by atoms with Crippen molar-refractivity contribution in [1.82, 2.24) is 10.3 Å². The van der Waals surface area contributed by atoms with Gasteiger partial charge in [-0.15, -0.1) is 0 Å². The second-order valence-electron chi connectivity index (χ2n) is 4.57. The first-order valence-corrected chi connectivity index (χ1v) is 6.83. The molecule has 1 aliphatic heterocycles. The first-order chi connectivity index (χ1) is 10.2. The van der Waals surface area contributed by atoms with Crippen LogP contribution < -0.4 is 10.2 Å². The van der Waals surface area contributed by atoms with Crippen LogP contribution in [-0.4, -0.2) is 56.3 Å². The molecule has 21 heavy (non-hydrogen) atoms. The first-order valence-electron chi connectivity index (χ1n) is 6.83. The third kappa shape index (κ3) is 3.49. The van der Waals surface area contributed by atoms with Crippen LogP contribution >= 0.6 is 0 Å². The number of rotatable bonds is 4. The van der Waals surface area contributed by atoms with Gasteiger partial charge in [-0.25, -0.2) is 4.79 Å². The molecule has 7 heteroatoms. The number of aromatic nitrogens is 1. The van der Waals surface area contributed by atoms with Gasteiger partial charge in [0, 0.05) is 25.0 Å². The van der Waals surface area contributed by atoms with Gasteiger partial charge < -0.3 is 19.7 Å². The van der Waals surface area contributed by atoms with Gasteiger partial charge in [-0.3, -0.25) is 9.78 Å². The minimum absolute atomic E-state index is 0.234. The topological polar surface area (TPSA) is 80.8 Å². The van der Waals surface area contributed by atoms with Crippen molar-refractivity contribution in [3.63, 3.8) is 0 Å². The normalized spacial score (nSPS) is 18.2. The minimum Gasteiger partial charge on any atom is -0.467 e. The molecule has 0 aromatic carbocycles. The molecule has 1 unspecified atom stereocenters. The Morgan fingerprint density at radius 3 is 3.10 bits per heavy atom. The molecule has 1 amide bonds. The number of carbonyl (C=O) groups excluding carboxylic acids is 2. The number of nitrogens with one attached hydrogen (secondary N) is 1. The fraction of sp³-hybridized carbons (Fsp3) is 0.500. The van der Waals surface area contributed by atoms with Crippen LogP contribution in [0.15, 0.2) is 18.3 Å². The molecule has 0 spiro atoms. The summed E-state index contributed by atoms with van der Waals surface area (Å²) in [4.78, 5) is 29.6. The zero-order valence-corrected chi connectivity index (χ0v) is 12.2. The molecule has 1 aromatic heterocycles. The van der Waals surface area contributed by atoms with Crippen LogP contribution in [-0.2, 0) is 14.3 Å². The molecule has 1 saturated heterocycles. The maximum Gasteiger partial charge on any atom is 0.330 e. The van der Waals surface area contributed by atoms with Gasteiger partial charge in [0.2, 0.25) is 0 Å². The molecule has 2 heterocycles. The van der Waals surface area contributed by atoms with E-state index in [1.807, 2.05) is 11.8 Å². The molecular formula is C14H19N3O4. The number of amides is 1. The highest BCUT2D eigenvalue weighted by Crippen LogP contribution is 2.20. The van der Waals surface area contributed by atoms with Crippen molar-refractivity contribution in [2.75, 3.05) is 38.3 Å². The molecule has 1 N–H and O–H groups in total. The van der Waals surface area contributed by atoms with Crippen molar-refractivity contribution in [2.24, 2.45) is 0 Å². The highest BCUT2D eigenvalue weighted by atomic mass is 16.5. The van der Waals surface area contributed by atoms with Crippen LogP contribution in [0.1, 0.15) is 17.4 Å². The van der Waals surface area contributed by atoms with E-state index in [4.69, 9.17) is 9.47 Å². The second kappa shape index (κ2) is 7.03. The lowest BCUT2D eigenvalue weighted by Crippen LogP contribution is -2.50. The van der Waals surface area contributed by atoms with E-state index in [2.05, 4.69) is 10.3 Å². The molecule has 2 rings (SSSR count). The fourth-order valence-electron chi connectivity index (χ4n) is 2.22. The van der Waals surface area contributed by atoms with Crippen molar-refractivity contribution < 1.29 is 19.1 Å². The van der Waals surface area contributed by atoms with Crippen LogP contribution in [0.3, 0.4) is 0 Å². The van der Waals surface area contributed by atoms with Crippen molar-refractivity contribution in [3.8, 4) is 0 Å². The summed E-state index contributed by atoms with van der Waals surface area (Å²) in [7, 11) is 1.35. The summed E-state index contributed by atoms with van der Waals surface area (Å²) in [6.07, 6.45) is 1.56. The number of anilines is 1. The van der Waals surface area contributed by atoms with Crippen molar-refractivity contribution in [3.05, 3.63) is 24.0 Å². The number of carbonyl (C=O) groups is 2. The molecule has 0 saturated carbocycles. The molecule has 1 aliphatic rings. The van der Waals surface area contributed by atoms with Crippen LogP contribution in [0.4, 0.5) is 5.69 Å². The summed E-state index contributed by atoms with van der Waals surface area (Å²) in [6, 6.07) is 2.93. The van der Waals surface area contributed by atoms with Gasteiger partial charge in [0.25, 0.3) is 5.91 Å². The van der Waals surface area contributed by atoms with E-state index >= 15 is 0 Å². The van der Waals surface area contributed by atoms with Gasteiger partial charge in [0.05, 0.1) is 20.3 Å². The lowest BCUT2D eigenvalue weighted by Gasteiger charge is -2.35. The number of morpholine rings is 1. The Bertz CT molecular complexity index is 521. The smallest absolute Gasteiger partial charge is 0.330 e. The van der Waals surface area contributed by atoms with Crippen molar-refractivity contribution >= 4 is 17.6 Å². The first kappa shape index (κ1) is 15.2. The van der Waals surface area contributed by atoms with Gasteiger partial charge in [-0.2, -0.15) is 0 Å². The molecule has 1 aromatic rings. The summed E-state index contributed by atoms with van der Waals surface area (Å²) in [5.41, 5.74) is 1.08. The number of esters is 1. The molecule has 0 aliphatic carbocycles. The summed E-state index contributed by atoms with van der Waals surface area (Å²) in [5, 5.41) is 2.70. The Kier molecular flexibility index (Phi) is 5.10. The number of hydrogen-bond donors (Lipinski definition) is 1. The monoisotopic (exact) mass is 293 g/mol. The molecule has 1 atom stereocenters. The SMILES string of the molecule is CCNC(=O)c1cc(N2CCOCC2C(=O)OC)ccn1. The summed E-state index contributed by atoms with van der Waals surface area (Å²) in [5.74, 6) is -0.590. The van der Waals surface area contributed by atoms with Gasteiger partial charge in [-0.1, -0.05) is 0 Å². The Hall–Kier alpha value is -2.15. The summed E-state index contributed by atoms with van der Waals surface area (Å²) >= 11 is 0. The summed E-state index contributed by atoms with van der Waals surface area (Å²) in [6.45, 7) is 3.72. The van der Waals surface area contributed by atoms with Crippen LogP contribution in [0.25, 0.3) is 0 Å². The zero-order chi connectivity index (χ0) is 15.2. The predicted molar refractivity (Wildman–Crippen MR) is 76.2 cm³/mol. The highest BCUT2D eigenvalue weighted by molar-refractivity contribution is 5.93. The molecule has 0 bridgehead atoms. The van der Waals surface area contributed by atoms with E-state index in [9.17, 15) is 9.59 Å². The van der Waals surface area contributed by atoms with Crippen molar-refractivity contribution in [1.29, 1.82) is 0 Å². The third-order valence-corrected chi connectivity index (χ3v) is 3.25. The van der Waals surface area contributed by atoms with E-state index in [0.717, 1.165) is 5.69 Å². The second-order valence-corrected chi connectivity index (χ2v) is 4.57. The standard InChI is InChI=1S/C14H19N3O4/c1-3-15-13(18)11-8-10(4-5-16-11)17-6-7-21-9-12(17)14(19)20-2/h4-5,8,12H,3,6-7,9H2,1-2H3,(H,15,18). The largest absolute Gasteiger partial charge is 0.467 e. The highest BCUT2D eigenvalue weighted by Gasteiger charge is 2.30. The average molecular weight is 293 g/mol. The van der Waals surface area contributed by atoms with E-state index < -0.39 is 6.04 Å². The van der Waals surface area contributed by atoms with Crippen LogP contribution in [0.2, 0.25) is 0 Å². The Morgan fingerprint density at radius 2 is 2.38 bits per heavy atom. The Labute approximate surface area is 123 Å². The third-order valence-electron chi connectivity index (χ3n) is 3.25. The van der Waals surface area contributed by atoms with E-state index in [1.54, 1.807) is 18.3 Å². The molecule has 0 radical (unpaired) electrons. The Morgan fingerprint density at radius 1 is 1.57 bits per heavy atom. The number of hydrogen-bond acceptors (Lipinski definition) is 6. The molecular weight excluding hydrogens is 274 g/mol. The van der Waals surface area contributed by atoms with Gasteiger partial charge >= 0.3 is 5.97 Å². The van der Waals surface area contributed by atoms with Gasteiger partial charge in [-0.05, 0) is 19.1 Å². The van der Waals surface area contributed by atoms with Crippen molar-refractivity contribution in [2.45, 2.75) is 13.0 Å². The van der Waals surface area contributed by atoms with Gasteiger partial charge in [0.1, 0.15) is 5.69 Å². The number of ether oxygens (including phenoxy) is 2. The molecule has 7 nitrogen and oxygen atoms in total. The average Bonchev–Trinajstić information content (AvgIpc) is 2.54. The van der Waals surface area contributed by atoms with E-state index in [0.29, 0.717) is 25.4 Å². The molecule has 114 valence electrons. The zero-order valence-electron chi connectivity index (χ0n) is 12.2. The predicted octanol–water partition coefficient (Wildman–Crippen LogP) is 0.210. The number of nitrogens with zero attached hydrogens (tertiary/aromatic N) is 2. The maximum atomic E-state index is 11.8. The fourth-order valence-corrected chi connectivity index (χ4v) is 2.22. The Balaban J connectivity index is 2.24. The lowest BCUT2D eigenvalue weighted by molar-refractivity contribution is -0.144. The van der Waals surface area contributed by atoms with E-state index in [1.165, 1.54) is 7.11 Å².